The van der Waals surface area contributed by atoms with Crippen LogP contribution in [0.3, 0.4) is 0 Å². The molecule has 0 bridgehead atoms. The van der Waals surface area contributed by atoms with E-state index in [1.165, 1.54) is 6.07 Å². The molecule has 2 aliphatic heterocycles. The Morgan fingerprint density at radius 3 is 2.65 bits per heavy atom. The Morgan fingerprint density at radius 1 is 1.02 bits per heavy atom. The summed E-state index contributed by atoms with van der Waals surface area (Å²) in [5.74, 6) is 0.0932. The van der Waals surface area contributed by atoms with Crippen molar-refractivity contribution in [2.75, 3.05) is 35.6 Å². The second kappa shape index (κ2) is 10.5. The summed E-state index contributed by atoms with van der Waals surface area (Å²) in [4.78, 5) is 32.8. The van der Waals surface area contributed by atoms with E-state index < -0.39 is 6.04 Å². The Bertz CT molecular complexity index is 1660. The Kier molecular flexibility index (Phi) is 6.77. The van der Waals surface area contributed by atoms with Crippen LogP contribution in [0.15, 0.2) is 72.2 Å². The van der Waals surface area contributed by atoms with Gasteiger partial charge in [0.05, 0.1) is 12.1 Å². The largest absolute Gasteiger partial charge is 0.344 e. The summed E-state index contributed by atoms with van der Waals surface area (Å²) in [6.07, 6.45) is 5.66. The molecule has 2 aliphatic rings. The lowest BCUT2D eigenvalue weighted by atomic mass is 9.94. The van der Waals surface area contributed by atoms with Crippen LogP contribution in [0.2, 0.25) is 0 Å². The van der Waals surface area contributed by atoms with E-state index in [4.69, 9.17) is 0 Å². The minimum atomic E-state index is -0.722. The summed E-state index contributed by atoms with van der Waals surface area (Å²) in [5.41, 5.74) is 2.70. The average Bonchev–Trinajstić information content (AvgIpc) is 3.58. The van der Waals surface area contributed by atoms with Crippen LogP contribution in [0.4, 0.5) is 21.7 Å². The number of nitrogens with one attached hydrogen (secondary N) is 3. The molecule has 0 saturated carbocycles. The van der Waals surface area contributed by atoms with Gasteiger partial charge in [-0.15, -0.1) is 0 Å². The van der Waals surface area contributed by atoms with Crippen LogP contribution in [-0.4, -0.2) is 51.1 Å². The van der Waals surface area contributed by atoms with Gasteiger partial charge in [-0.25, -0.2) is 9.07 Å². The number of allylic oxidation sites excluding steroid dienone is 1. The van der Waals surface area contributed by atoms with Crippen molar-refractivity contribution in [1.29, 1.82) is 0 Å². The van der Waals surface area contributed by atoms with E-state index >= 15 is 0 Å². The van der Waals surface area contributed by atoms with E-state index in [1.54, 1.807) is 49.1 Å². The molecule has 10 heteroatoms. The summed E-state index contributed by atoms with van der Waals surface area (Å²) in [6, 6.07) is 13.4. The molecule has 3 N–H and O–H groups in total. The number of nitrogens with zero attached hydrogens (tertiary/aromatic N) is 4. The number of likely N-dealkylation sites (tertiary alicyclic amines) is 1. The summed E-state index contributed by atoms with van der Waals surface area (Å²) in [6.45, 7) is 5.62. The Hall–Kier alpha value is -4.57. The van der Waals surface area contributed by atoms with Crippen molar-refractivity contribution in [1.82, 2.24) is 19.7 Å². The van der Waals surface area contributed by atoms with Crippen LogP contribution >= 0.6 is 0 Å². The van der Waals surface area contributed by atoms with E-state index in [2.05, 4.69) is 30.9 Å². The Morgan fingerprint density at radius 2 is 1.85 bits per heavy atom. The fourth-order valence-electron chi connectivity index (χ4n) is 5.40. The van der Waals surface area contributed by atoms with Crippen LogP contribution in [0.5, 0.6) is 0 Å². The lowest BCUT2D eigenvalue weighted by Gasteiger charge is -2.29. The highest BCUT2D eigenvalue weighted by atomic mass is 19.1. The third-order valence-electron chi connectivity index (χ3n) is 7.46. The lowest BCUT2D eigenvalue weighted by molar-refractivity contribution is -0.117. The van der Waals surface area contributed by atoms with Gasteiger partial charge < -0.3 is 16.0 Å². The molecule has 0 radical (unpaired) electrons. The van der Waals surface area contributed by atoms with Crippen LogP contribution in [0.1, 0.15) is 36.9 Å². The number of carbonyl (C=O) groups excluding carboxylic acids is 2. The number of benzene rings is 2. The molecular weight excluding hydrogens is 509 g/mol. The van der Waals surface area contributed by atoms with Gasteiger partial charge in [-0.2, -0.15) is 5.10 Å². The predicted molar refractivity (Wildman–Crippen MR) is 153 cm³/mol. The maximum absolute atomic E-state index is 14.8. The second-order valence-electron chi connectivity index (χ2n) is 10.4. The molecule has 9 nitrogen and oxygen atoms in total. The van der Waals surface area contributed by atoms with Gasteiger partial charge in [0, 0.05) is 35.2 Å². The van der Waals surface area contributed by atoms with Gasteiger partial charge in [-0.3, -0.25) is 19.5 Å². The van der Waals surface area contributed by atoms with Gasteiger partial charge in [0.1, 0.15) is 17.7 Å². The molecule has 1 atom stereocenters. The van der Waals surface area contributed by atoms with Gasteiger partial charge >= 0.3 is 0 Å². The average molecular weight is 540 g/mol. The maximum atomic E-state index is 14.8. The second-order valence-corrected chi connectivity index (χ2v) is 10.4. The van der Waals surface area contributed by atoms with Crippen molar-refractivity contribution in [3.05, 3.63) is 89.1 Å². The van der Waals surface area contributed by atoms with Gasteiger partial charge in [0.2, 0.25) is 5.91 Å². The molecule has 40 heavy (non-hydrogen) atoms. The monoisotopic (exact) mass is 539 g/mol. The minimum Gasteiger partial charge on any atom is -0.344 e. The number of rotatable bonds is 6. The molecule has 0 spiro atoms. The van der Waals surface area contributed by atoms with Gasteiger partial charge in [-0.05, 0) is 80.6 Å². The number of hydrogen-bond donors (Lipinski definition) is 3. The molecule has 6 rings (SSSR count). The maximum Gasteiger partial charge on any atom is 0.255 e. The molecule has 1 saturated heterocycles. The Labute approximate surface area is 231 Å². The zero-order valence-corrected chi connectivity index (χ0v) is 22.4. The number of fused-ring (bicyclic) bond motifs is 2. The van der Waals surface area contributed by atoms with E-state index in [1.807, 2.05) is 24.3 Å². The van der Waals surface area contributed by atoms with Gasteiger partial charge in [-0.1, -0.05) is 18.2 Å². The number of halogens is 1. The van der Waals surface area contributed by atoms with Crippen LogP contribution < -0.4 is 16.0 Å². The van der Waals surface area contributed by atoms with E-state index in [0.29, 0.717) is 46.3 Å². The number of pyridine rings is 1. The summed E-state index contributed by atoms with van der Waals surface area (Å²) in [7, 11) is 0. The number of aryl methyl sites for hydroxylation is 1. The highest BCUT2D eigenvalue weighted by molar-refractivity contribution is 6.07. The number of aromatic nitrogens is 3. The van der Waals surface area contributed by atoms with Crippen molar-refractivity contribution in [3.63, 3.8) is 0 Å². The first kappa shape index (κ1) is 25.7. The molecule has 1 unspecified atom stereocenters. The molecule has 2 amide bonds. The third-order valence-corrected chi connectivity index (χ3v) is 7.46. The zero-order valence-electron chi connectivity index (χ0n) is 22.4. The smallest absolute Gasteiger partial charge is 0.255 e. The molecule has 2 aromatic heterocycles. The fourth-order valence-corrected chi connectivity index (χ4v) is 5.40. The first-order valence-electron chi connectivity index (χ1n) is 13.4. The molecule has 2 aromatic carbocycles. The normalized spacial score (nSPS) is 17.0. The SMILES string of the molecule is CC1=C(C(=O)Nc2ccc3cnccc3c2)C(c2ccc(C)c(F)c2)n2nc(NC(=O)CN3CCCC3)cc2N1. The van der Waals surface area contributed by atoms with Gasteiger partial charge in [0.25, 0.3) is 5.91 Å². The molecule has 4 aromatic rings. The number of anilines is 3. The van der Waals surface area contributed by atoms with Crippen molar-refractivity contribution in [2.45, 2.75) is 32.7 Å². The van der Waals surface area contributed by atoms with Crippen LogP contribution in [0, 0.1) is 12.7 Å². The lowest BCUT2D eigenvalue weighted by Crippen LogP contribution is -2.32. The fraction of sp³-hybridized carbons (Fsp3) is 0.267. The standard InChI is InChI=1S/C30H30FN7O2/c1-18-5-6-21(14-24(18)31)29-28(30(40)34-23-8-7-22-16-32-10-9-20(22)13-23)19(2)33-26-15-25(36-38(26)29)35-27(39)17-37-11-3-4-12-37/h5-10,13-16,29,33H,3-4,11-12,17H2,1-2H3,(H,34,40)(H,35,36,39). The van der Waals surface area contributed by atoms with Crippen molar-refractivity contribution < 1.29 is 14.0 Å². The van der Waals surface area contributed by atoms with Crippen LogP contribution in [0.25, 0.3) is 10.8 Å². The van der Waals surface area contributed by atoms with Crippen molar-refractivity contribution >= 4 is 39.9 Å². The van der Waals surface area contributed by atoms with Gasteiger partial charge in [0.15, 0.2) is 5.82 Å². The zero-order chi connectivity index (χ0) is 27.8. The molecular formula is C30H30FN7O2. The predicted octanol–water partition coefficient (Wildman–Crippen LogP) is 4.84. The summed E-state index contributed by atoms with van der Waals surface area (Å²) < 4.78 is 16.4. The topological polar surface area (TPSA) is 104 Å². The van der Waals surface area contributed by atoms with Crippen molar-refractivity contribution in [3.8, 4) is 0 Å². The highest BCUT2D eigenvalue weighted by Gasteiger charge is 2.34. The quantitative estimate of drug-likeness (QED) is 0.324. The third kappa shape index (κ3) is 5.05. The molecule has 0 aliphatic carbocycles. The highest BCUT2D eigenvalue weighted by Crippen LogP contribution is 2.38. The first-order chi connectivity index (χ1) is 19.4. The van der Waals surface area contributed by atoms with E-state index in [9.17, 15) is 14.0 Å². The molecule has 204 valence electrons. The summed E-state index contributed by atoms with van der Waals surface area (Å²) in [5, 5.41) is 15.7. The van der Waals surface area contributed by atoms with E-state index in [0.717, 1.165) is 36.7 Å². The van der Waals surface area contributed by atoms with Crippen molar-refractivity contribution in [2.24, 2.45) is 0 Å². The summed E-state index contributed by atoms with van der Waals surface area (Å²) >= 11 is 0. The number of amides is 2. The first-order valence-corrected chi connectivity index (χ1v) is 13.4. The molecule has 4 heterocycles. The Balaban J connectivity index is 1.33. The number of carbonyl (C=O) groups is 2. The minimum absolute atomic E-state index is 0.149. The number of hydrogen-bond acceptors (Lipinski definition) is 6. The molecule has 1 fully saturated rings. The van der Waals surface area contributed by atoms with E-state index in [-0.39, 0.29) is 17.6 Å². The van der Waals surface area contributed by atoms with Crippen LogP contribution in [-0.2, 0) is 9.59 Å².